The summed E-state index contributed by atoms with van der Waals surface area (Å²) in [6.45, 7) is 0.179. The van der Waals surface area contributed by atoms with Crippen LogP contribution in [-0.4, -0.2) is 23.9 Å². The van der Waals surface area contributed by atoms with Crippen molar-refractivity contribution < 1.29 is 8.78 Å². The molecule has 0 aliphatic carbocycles. The van der Waals surface area contributed by atoms with Crippen LogP contribution in [0.15, 0.2) is 4.99 Å². The SMILES string of the molecule is CSC(=NCC(C)(F)F)NC#N. The van der Waals surface area contributed by atoms with Crippen molar-refractivity contribution in [3.63, 3.8) is 0 Å². The van der Waals surface area contributed by atoms with E-state index in [9.17, 15) is 8.78 Å². The zero-order valence-corrected chi connectivity index (χ0v) is 7.58. The van der Waals surface area contributed by atoms with Crippen LogP contribution in [0.5, 0.6) is 0 Å². The zero-order chi connectivity index (χ0) is 9.61. The molecule has 0 rings (SSSR count). The molecule has 3 nitrogen and oxygen atoms in total. The second-order valence-corrected chi connectivity index (χ2v) is 2.93. The van der Waals surface area contributed by atoms with E-state index >= 15 is 0 Å². The minimum Gasteiger partial charge on any atom is -0.272 e. The largest absolute Gasteiger partial charge is 0.272 e. The number of hydrogen-bond donors (Lipinski definition) is 1. The van der Waals surface area contributed by atoms with Gasteiger partial charge in [-0.1, -0.05) is 11.8 Å². The van der Waals surface area contributed by atoms with Crippen molar-refractivity contribution in [2.24, 2.45) is 4.99 Å². The highest BCUT2D eigenvalue weighted by Crippen LogP contribution is 2.11. The van der Waals surface area contributed by atoms with E-state index in [-0.39, 0.29) is 5.17 Å². The molecule has 0 unspecified atom stereocenters. The Kier molecular flexibility index (Phi) is 4.59. The molecule has 1 N–H and O–H groups in total. The van der Waals surface area contributed by atoms with Gasteiger partial charge in [-0.2, -0.15) is 5.26 Å². The number of thioether (sulfide) groups is 1. The Balaban J connectivity index is 4.05. The number of aliphatic imine (C=N–C) groups is 1. The van der Waals surface area contributed by atoms with Gasteiger partial charge in [-0.25, -0.2) is 8.78 Å². The van der Waals surface area contributed by atoms with Gasteiger partial charge in [0.1, 0.15) is 6.54 Å². The van der Waals surface area contributed by atoms with Gasteiger partial charge in [-0.05, 0) is 6.26 Å². The van der Waals surface area contributed by atoms with Crippen LogP contribution in [0.4, 0.5) is 8.78 Å². The molecule has 0 saturated heterocycles. The van der Waals surface area contributed by atoms with E-state index in [0.29, 0.717) is 0 Å². The van der Waals surface area contributed by atoms with Crippen molar-refractivity contribution in [3.8, 4) is 6.19 Å². The van der Waals surface area contributed by atoms with Gasteiger partial charge in [-0.3, -0.25) is 10.3 Å². The normalized spacial score (nSPS) is 12.4. The third-order valence-electron chi connectivity index (χ3n) is 0.856. The van der Waals surface area contributed by atoms with Crippen LogP contribution in [0.1, 0.15) is 6.92 Å². The quantitative estimate of drug-likeness (QED) is 0.312. The maximum Gasteiger partial charge on any atom is 0.264 e. The first-order chi connectivity index (χ1) is 5.49. The highest BCUT2D eigenvalue weighted by Gasteiger charge is 2.20. The van der Waals surface area contributed by atoms with E-state index in [2.05, 4.69) is 10.3 Å². The first-order valence-electron chi connectivity index (χ1n) is 3.11. The minimum absolute atomic E-state index is 0.207. The lowest BCUT2D eigenvalue weighted by Gasteiger charge is -2.06. The van der Waals surface area contributed by atoms with Crippen molar-refractivity contribution >= 4 is 16.9 Å². The third kappa shape index (κ3) is 5.92. The van der Waals surface area contributed by atoms with Gasteiger partial charge in [0, 0.05) is 6.92 Å². The lowest BCUT2D eigenvalue weighted by molar-refractivity contribution is 0.0327. The van der Waals surface area contributed by atoms with E-state index in [1.807, 2.05) is 0 Å². The molecule has 0 aromatic heterocycles. The van der Waals surface area contributed by atoms with Gasteiger partial charge < -0.3 is 0 Å². The molecule has 68 valence electrons. The van der Waals surface area contributed by atoms with Gasteiger partial charge >= 0.3 is 0 Å². The molecule has 0 saturated carbocycles. The zero-order valence-electron chi connectivity index (χ0n) is 6.77. The summed E-state index contributed by atoms with van der Waals surface area (Å²) in [5, 5.41) is 10.6. The van der Waals surface area contributed by atoms with Crippen LogP contribution < -0.4 is 5.32 Å². The summed E-state index contributed by atoms with van der Waals surface area (Å²) < 4.78 is 24.5. The molecule has 0 atom stereocenters. The Labute approximate surface area is 73.9 Å². The second kappa shape index (κ2) is 4.93. The van der Waals surface area contributed by atoms with Gasteiger partial charge in [0.2, 0.25) is 0 Å². The van der Waals surface area contributed by atoms with Crippen molar-refractivity contribution in [2.45, 2.75) is 12.8 Å². The maximum absolute atomic E-state index is 12.2. The van der Waals surface area contributed by atoms with E-state index in [4.69, 9.17) is 5.26 Å². The summed E-state index contributed by atoms with van der Waals surface area (Å²) in [6, 6.07) is 0. The Morgan fingerprint density at radius 2 is 2.33 bits per heavy atom. The monoisotopic (exact) mass is 193 g/mol. The minimum atomic E-state index is -2.82. The highest BCUT2D eigenvalue weighted by molar-refractivity contribution is 8.13. The molecule has 0 heterocycles. The van der Waals surface area contributed by atoms with Gasteiger partial charge in [-0.15, -0.1) is 0 Å². The third-order valence-corrected chi connectivity index (χ3v) is 1.47. The van der Waals surface area contributed by atoms with Gasteiger partial charge in [0.25, 0.3) is 5.92 Å². The van der Waals surface area contributed by atoms with E-state index in [1.165, 1.54) is 0 Å². The topological polar surface area (TPSA) is 48.2 Å². The summed E-state index contributed by atoms with van der Waals surface area (Å²) in [5.41, 5.74) is 0. The van der Waals surface area contributed by atoms with E-state index < -0.39 is 12.5 Å². The lowest BCUT2D eigenvalue weighted by atomic mass is 10.4. The second-order valence-electron chi connectivity index (χ2n) is 2.13. The molecule has 0 aromatic rings. The van der Waals surface area contributed by atoms with Crippen molar-refractivity contribution in [1.82, 2.24) is 5.32 Å². The molecular weight excluding hydrogens is 184 g/mol. The smallest absolute Gasteiger partial charge is 0.264 e. The molecule has 0 bridgehead atoms. The molecule has 0 amide bonds. The van der Waals surface area contributed by atoms with Crippen LogP contribution >= 0.6 is 11.8 Å². The molecule has 0 aliphatic heterocycles. The number of halogens is 2. The number of nitrogens with one attached hydrogen (secondary N) is 1. The summed E-state index contributed by atoms with van der Waals surface area (Å²) in [4.78, 5) is 3.50. The lowest BCUT2D eigenvalue weighted by Crippen LogP contribution is -2.19. The molecule has 0 radical (unpaired) electrons. The van der Waals surface area contributed by atoms with Gasteiger partial charge in [0.15, 0.2) is 11.4 Å². The average Bonchev–Trinajstić information content (AvgIpc) is 1.96. The predicted octanol–water partition coefficient (Wildman–Crippen LogP) is 1.43. The van der Waals surface area contributed by atoms with Crippen LogP contribution in [0.2, 0.25) is 0 Å². The van der Waals surface area contributed by atoms with E-state index in [0.717, 1.165) is 18.7 Å². The first kappa shape index (κ1) is 11.2. The number of alkyl halides is 2. The molecule has 0 aromatic carbocycles. The predicted molar refractivity (Wildman–Crippen MR) is 45.2 cm³/mol. The molecule has 0 spiro atoms. The number of nitrogens with zero attached hydrogens (tertiary/aromatic N) is 2. The summed E-state index contributed by atoms with van der Waals surface area (Å²) in [6.07, 6.45) is 3.26. The molecule has 12 heavy (non-hydrogen) atoms. The first-order valence-corrected chi connectivity index (χ1v) is 4.33. The van der Waals surface area contributed by atoms with Crippen LogP contribution in [0, 0.1) is 11.5 Å². The maximum atomic E-state index is 12.2. The number of amidine groups is 1. The number of nitriles is 1. The summed E-state index contributed by atoms with van der Waals surface area (Å²) >= 11 is 1.12. The fourth-order valence-electron chi connectivity index (χ4n) is 0.414. The Morgan fingerprint density at radius 1 is 1.75 bits per heavy atom. The number of hydrogen-bond acceptors (Lipinski definition) is 3. The summed E-state index contributed by atoms with van der Waals surface area (Å²) in [5.74, 6) is -2.82. The highest BCUT2D eigenvalue weighted by atomic mass is 32.2. The van der Waals surface area contributed by atoms with Crippen LogP contribution in [-0.2, 0) is 0 Å². The van der Waals surface area contributed by atoms with Crippen molar-refractivity contribution in [3.05, 3.63) is 0 Å². The summed E-state index contributed by atoms with van der Waals surface area (Å²) in [7, 11) is 0. The Morgan fingerprint density at radius 3 is 2.67 bits per heavy atom. The fraction of sp³-hybridized carbons (Fsp3) is 0.667. The van der Waals surface area contributed by atoms with E-state index in [1.54, 1.807) is 12.4 Å². The Hall–Kier alpha value is -0.830. The standard InChI is InChI=1S/C6H9F2N3S/c1-6(7,8)3-10-5(12-2)11-4-9/h3H2,1-2H3,(H,10,11). The molecule has 6 heteroatoms. The number of rotatable bonds is 2. The van der Waals surface area contributed by atoms with Crippen LogP contribution in [0.3, 0.4) is 0 Å². The molecular formula is C6H9F2N3S. The van der Waals surface area contributed by atoms with Crippen LogP contribution in [0.25, 0.3) is 0 Å². The van der Waals surface area contributed by atoms with Crippen molar-refractivity contribution in [1.29, 1.82) is 5.26 Å². The Bertz CT molecular complexity index is 204. The molecule has 0 aliphatic rings. The average molecular weight is 193 g/mol. The van der Waals surface area contributed by atoms with Gasteiger partial charge in [0.05, 0.1) is 0 Å². The van der Waals surface area contributed by atoms with Crippen molar-refractivity contribution in [2.75, 3.05) is 12.8 Å². The molecule has 0 fully saturated rings. The fourth-order valence-corrected chi connectivity index (χ4v) is 0.755.